The van der Waals surface area contributed by atoms with E-state index in [1.54, 1.807) is 0 Å². The molecule has 0 aliphatic carbocycles. The lowest BCUT2D eigenvalue weighted by molar-refractivity contribution is -0.137. The van der Waals surface area contributed by atoms with Crippen LogP contribution in [0.25, 0.3) is 10.2 Å². The predicted molar refractivity (Wildman–Crippen MR) is 96.9 cm³/mol. The maximum absolute atomic E-state index is 12.9. The van der Waals surface area contributed by atoms with Crippen LogP contribution in [0.2, 0.25) is 0 Å². The molecular formula is C16H18F3N3O3S2. The average Bonchev–Trinajstić information content (AvgIpc) is 3.13. The van der Waals surface area contributed by atoms with Crippen molar-refractivity contribution in [1.82, 2.24) is 9.88 Å². The highest BCUT2D eigenvalue weighted by Gasteiger charge is 2.41. The van der Waals surface area contributed by atoms with Crippen molar-refractivity contribution in [2.75, 3.05) is 42.6 Å². The third-order valence-electron chi connectivity index (χ3n) is 5.05. The summed E-state index contributed by atoms with van der Waals surface area (Å²) in [6.07, 6.45) is -5.27. The fourth-order valence-electron chi connectivity index (χ4n) is 3.63. The number of nitrogens with zero attached hydrogens (tertiary/aromatic N) is 3. The second-order valence-corrected chi connectivity index (χ2v) is 10.1. The Balaban J connectivity index is 1.47. The fraction of sp³-hybridized carbons (Fsp3) is 0.562. The van der Waals surface area contributed by atoms with Crippen molar-refractivity contribution in [2.45, 2.75) is 18.3 Å². The lowest BCUT2D eigenvalue weighted by Crippen LogP contribution is -2.53. The molecule has 0 bridgehead atoms. The van der Waals surface area contributed by atoms with Crippen LogP contribution in [0.15, 0.2) is 18.2 Å². The molecule has 0 amide bonds. The first-order chi connectivity index (χ1) is 12.6. The van der Waals surface area contributed by atoms with Gasteiger partial charge in [-0.15, -0.1) is 0 Å². The first kappa shape index (κ1) is 18.9. The van der Waals surface area contributed by atoms with E-state index < -0.39 is 27.7 Å². The van der Waals surface area contributed by atoms with Crippen LogP contribution in [0, 0.1) is 0 Å². The molecule has 0 unspecified atom stereocenters. The van der Waals surface area contributed by atoms with Crippen LogP contribution in [0.3, 0.4) is 0 Å². The number of thiazole rings is 1. The van der Waals surface area contributed by atoms with E-state index in [1.807, 2.05) is 9.80 Å². The first-order valence-corrected chi connectivity index (χ1v) is 11.1. The number of aliphatic hydroxyl groups excluding tert-OH is 1. The summed E-state index contributed by atoms with van der Waals surface area (Å²) in [4.78, 5) is 8.32. The van der Waals surface area contributed by atoms with Gasteiger partial charge < -0.3 is 10.0 Å². The summed E-state index contributed by atoms with van der Waals surface area (Å²) in [5.74, 6) is -0.229. The van der Waals surface area contributed by atoms with E-state index in [0.29, 0.717) is 41.5 Å². The second-order valence-electron chi connectivity index (χ2n) is 6.91. The molecule has 1 aromatic carbocycles. The van der Waals surface area contributed by atoms with Crippen molar-refractivity contribution in [1.29, 1.82) is 0 Å². The maximum Gasteiger partial charge on any atom is 0.416 e. The summed E-state index contributed by atoms with van der Waals surface area (Å²) in [6, 6.07) is 3.17. The van der Waals surface area contributed by atoms with Crippen molar-refractivity contribution >= 4 is 36.5 Å². The number of aromatic nitrogens is 1. The first-order valence-electron chi connectivity index (χ1n) is 8.48. The Morgan fingerprint density at radius 2 is 1.85 bits per heavy atom. The van der Waals surface area contributed by atoms with Gasteiger partial charge in [0.15, 0.2) is 15.0 Å². The van der Waals surface area contributed by atoms with Crippen LogP contribution in [-0.4, -0.2) is 73.2 Å². The Hall–Kier alpha value is -1.43. The Labute approximate surface area is 158 Å². The van der Waals surface area contributed by atoms with Crippen LogP contribution >= 0.6 is 11.3 Å². The number of anilines is 1. The number of alkyl halides is 3. The van der Waals surface area contributed by atoms with Crippen LogP contribution in [0.4, 0.5) is 18.3 Å². The van der Waals surface area contributed by atoms with Gasteiger partial charge in [0.1, 0.15) is 0 Å². The van der Waals surface area contributed by atoms with Gasteiger partial charge in [0.2, 0.25) is 0 Å². The highest BCUT2D eigenvalue weighted by atomic mass is 32.2. The van der Waals surface area contributed by atoms with E-state index in [-0.39, 0.29) is 17.5 Å². The molecular weight excluding hydrogens is 403 g/mol. The summed E-state index contributed by atoms with van der Waals surface area (Å²) in [7, 11) is -3.20. The Bertz CT molecular complexity index is 953. The molecule has 3 heterocycles. The zero-order chi connectivity index (χ0) is 19.4. The normalized spacial score (nSPS) is 26.7. The molecule has 0 spiro atoms. The highest BCUT2D eigenvalue weighted by molar-refractivity contribution is 7.91. The predicted octanol–water partition coefficient (Wildman–Crippen LogP) is 1.60. The standard InChI is InChI=1S/C16H18F3N3O3S2/c17-16(18,19)10-1-2-14-11(7-10)20-15(26-14)22-5-3-21(4-6-22)12-8-27(24,25)9-13(12)23/h1-2,7,12-13,23H,3-6,8-9H2/t12-,13-/m0/s1. The van der Waals surface area contributed by atoms with Gasteiger partial charge in [-0.2, -0.15) is 13.2 Å². The zero-order valence-corrected chi connectivity index (χ0v) is 15.8. The van der Waals surface area contributed by atoms with E-state index in [1.165, 1.54) is 17.4 Å². The number of halogens is 3. The monoisotopic (exact) mass is 421 g/mol. The van der Waals surface area contributed by atoms with Crippen molar-refractivity contribution in [3.05, 3.63) is 23.8 Å². The minimum atomic E-state index is -4.40. The minimum Gasteiger partial charge on any atom is -0.390 e. The molecule has 27 heavy (non-hydrogen) atoms. The van der Waals surface area contributed by atoms with E-state index in [0.717, 1.165) is 12.1 Å². The maximum atomic E-state index is 12.9. The van der Waals surface area contributed by atoms with Crippen molar-refractivity contribution in [2.24, 2.45) is 0 Å². The van der Waals surface area contributed by atoms with Crippen molar-refractivity contribution in [3.63, 3.8) is 0 Å². The van der Waals surface area contributed by atoms with Crippen LogP contribution in [0.1, 0.15) is 5.56 Å². The SMILES string of the molecule is O=S1(=O)C[C@H](O)[C@@H](N2CCN(c3nc4cc(C(F)(F)F)ccc4s3)CC2)C1. The minimum absolute atomic E-state index is 0.0322. The van der Waals surface area contributed by atoms with Gasteiger partial charge in [0.25, 0.3) is 0 Å². The zero-order valence-electron chi connectivity index (χ0n) is 14.2. The summed E-state index contributed by atoms with van der Waals surface area (Å²) in [5, 5.41) is 10.7. The smallest absolute Gasteiger partial charge is 0.390 e. The molecule has 148 valence electrons. The molecule has 11 heteroatoms. The van der Waals surface area contributed by atoms with Crippen LogP contribution in [0.5, 0.6) is 0 Å². The topological polar surface area (TPSA) is 73.7 Å². The molecule has 0 radical (unpaired) electrons. The van der Waals surface area contributed by atoms with Gasteiger partial charge in [-0.25, -0.2) is 13.4 Å². The Morgan fingerprint density at radius 1 is 1.15 bits per heavy atom. The molecule has 2 aliphatic heterocycles. The molecule has 2 fully saturated rings. The van der Waals surface area contributed by atoms with Gasteiger partial charge in [0, 0.05) is 26.2 Å². The van der Waals surface area contributed by atoms with Gasteiger partial charge in [-0.05, 0) is 18.2 Å². The molecule has 4 rings (SSSR count). The highest BCUT2D eigenvalue weighted by Crippen LogP contribution is 2.35. The summed E-state index contributed by atoms with van der Waals surface area (Å²) >= 11 is 1.34. The fourth-order valence-corrected chi connectivity index (χ4v) is 6.46. The van der Waals surface area contributed by atoms with E-state index in [4.69, 9.17) is 0 Å². The number of aliphatic hydroxyl groups is 1. The molecule has 6 nitrogen and oxygen atoms in total. The lowest BCUT2D eigenvalue weighted by Gasteiger charge is -2.38. The lowest BCUT2D eigenvalue weighted by atomic mass is 10.1. The van der Waals surface area contributed by atoms with Gasteiger partial charge in [0.05, 0.1) is 39.4 Å². The summed E-state index contributed by atoms with van der Waals surface area (Å²) in [5.41, 5.74) is -0.391. The largest absolute Gasteiger partial charge is 0.416 e. The molecule has 0 saturated carbocycles. The second kappa shape index (κ2) is 6.57. The van der Waals surface area contributed by atoms with Crippen LogP contribution < -0.4 is 4.90 Å². The number of hydrogen-bond donors (Lipinski definition) is 1. The molecule has 2 atom stereocenters. The van der Waals surface area contributed by atoms with E-state index in [9.17, 15) is 26.7 Å². The van der Waals surface area contributed by atoms with Crippen molar-refractivity contribution < 1.29 is 26.7 Å². The van der Waals surface area contributed by atoms with E-state index >= 15 is 0 Å². The molecule has 1 N–H and O–H groups in total. The number of sulfone groups is 1. The molecule has 2 aliphatic rings. The number of piperazine rings is 1. The number of rotatable bonds is 2. The van der Waals surface area contributed by atoms with E-state index in [2.05, 4.69) is 4.98 Å². The molecule has 2 saturated heterocycles. The van der Waals surface area contributed by atoms with Gasteiger partial charge >= 0.3 is 6.18 Å². The Kier molecular flexibility index (Phi) is 4.60. The molecule has 2 aromatic rings. The van der Waals surface area contributed by atoms with Crippen molar-refractivity contribution in [3.8, 4) is 0 Å². The third-order valence-corrected chi connectivity index (χ3v) is 7.85. The summed E-state index contributed by atoms with van der Waals surface area (Å²) < 4.78 is 62.6. The average molecular weight is 421 g/mol. The molecule has 1 aromatic heterocycles. The van der Waals surface area contributed by atoms with Crippen LogP contribution in [-0.2, 0) is 16.0 Å². The Morgan fingerprint density at radius 3 is 2.44 bits per heavy atom. The van der Waals surface area contributed by atoms with Gasteiger partial charge in [-0.1, -0.05) is 11.3 Å². The summed E-state index contributed by atoms with van der Waals surface area (Å²) in [6.45, 7) is 2.30. The number of benzene rings is 1. The number of fused-ring (bicyclic) bond motifs is 1. The number of hydrogen-bond acceptors (Lipinski definition) is 7. The quantitative estimate of drug-likeness (QED) is 0.794. The van der Waals surface area contributed by atoms with Gasteiger partial charge in [-0.3, -0.25) is 4.90 Å². The third kappa shape index (κ3) is 3.78.